The minimum Gasteiger partial charge on any atom is -0.497 e. The molecule has 2 aromatic rings. The van der Waals surface area contributed by atoms with Crippen molar-refractivity contribution in [3.8, 4) is 18.1 Å². The summed E-state index contributed by atoms with van der Waals surface area (Å²) in [6, 6.07) is 9.16. The van der Waals surface area contributed by atoms with Gasteiger partial charge in [0.25, 0.3) is 5.91 Å². The first kappa shape index (κ1) is 19.5. The van der Waals surface area contributed by atoms with E-state index in [9.17, 15) is 14.0 Å². The summed E-state index contributed by atoms with van der Waals surface area (Å²) in [6.45, 7) is -0.0751. The number of aliphatic imine (C=N–C) groups is 1. The van der Waals surface area contributed by atoms with Crippen molar-refractivity contribution in [1.82, 2.24) is 0 Å². The van der Waals surface area contributed by atoms with Crippen LogP contribution in [-0.2, 0) is 24.7 Å². The maximum atomic E-state index is 14.2. The standard InChI is InChI=1S/C22H17FN2O5/c1-4-11-25-17-10-7-14(23)12-16(17)22(21(25)27)18(20(26)29-3)24-19(30-22)13-5-8-15(28-2)9-6-13/h1,5-10,12,18H,11H2,2-3H3/t18-,22-/m0/s1. The number of fused-ring (bicyclic) bond motifs is 2. The molecule has 4 rings (SSSR count). The molecule has 0 unspecified atom stereocenters. The van der Waals surface area contributed by atoms with Gasteiger partial charge in [0.05, 0.1) is 26.5 Å². The normalized spacial score (nSPS) is 21.7. The van der Waals surface area contributed by atoms with Crippen LogP contribution in [0.15, 0.2) is 47.5 Å². The van der Waals surface area contributed by atoms with Gasteiger partial charge in [0, 0.05) is 11.1 Å². The zero-order valence-electron chi connectivity index (χ0n) is 16.2. The molecular formula is C22H17FN2O5. The molecule has 2 heterocycles. The summed E-state index contributed by atoms with van der Waals surface area (Å²) in [6.07, 6.45) is 5.42. The summed E-state index contributed by atoms with van der Waals surface area (Å²) in [5.74, 6) is 1.09. The molecule has 2 aliphatic rings. The van der Waals surface area contributed by atoms with E-state index in [1.165, 1.54) is 31.3 Å². The first-order valence-electron chi connectivity index (χ1n) is 9.00. The van der Waals surface area contributed by atoms with E-state index in [1.807, 2.05) is 0 Å². The molecule has 0 saturated carbocycles. The third-order valence-corrected chi connectivity index (χ3v) is 5.11. The van der Waals surface area contributed by atoms with Crippen LogP contribution in [0.3, 0.4) is 0 Å². The van der Waals surface area contributed by atoms with Crippen molar-refractivity contribution in [2.75, 3.05) is 25.7 Å². The summed E-state index contributed by atoms with van der Waals surface area (Å²) in [7, 11) is 2.71. The van der Waals surface area contributed by atoms with Crippen molar-refractivity contribution in [2.45, 2.75) is 11.6 Å². The maximum Gasteiger partial charge on any atom is 0.335 e. The second kappa shape index (κ2) is 7.19. The second-order valence-electron chi connectivity index (χ2n) is 6.68. The van der Waals surface area contributed by atoms with Gasteiger partial charge in [-0.05, 0) is 42.5 Å². The smallest absolute Gasteiger partial charge is 0.335 e. The van der Waals surface area contributed by atoms with E-state index in [0.717, 1.165) is 6.07 Å². The van der Waals surface area contributed by atoms with Crippen molar-refractivity contribution in [3.05, 3.63) is 59.4 Å². The Kier molecular flexibility index (Phi) is 4.66. The summed E-state index contributed by atoms with van der Waals surface area (Å²) in [5, 5.41) is 0. The molecular weight excluding hydrogens is 391 g/mol. The number of nitrogens with zero attached hydrogens (tertiary/aromatic N) is 2. The van der Waals surface area contributed by atoms with Gasteiger partial charge in [0.15, 0.2) is 0 Å². The first-order chi connectivity index (χ1) is 14.5. The highest BCUT2D eigenvalue weighted by Gasteiger charge is 2.64. The number of benzene rings is 2. The Morgan fingerprint density at radius 1 is 1.30 bits per heavy atom. The second-order valence-corrected chi connectivity index (χ2v) is 6.68. The van der Waals surface area contributed by atoms with Gasteiger partial charge in [-0.3, -0.25) is 9.69 Å². The summed E-state index contributed by atoms with van der Waals surface area (Å²) < 4.78 is 30.2. The number of anilines is 1. The van der Waals surface area contributed by atoms with Crippen LogP contribution in [0.25, 0.3) is 0 Å². The van der Waals surface area contributed by atoms with E-state index in [-0.39, 0.29) is 18.0 Å². The van der Waals surface area contributed by atoms with Gasteiger partial charge < -0.3 is 14.2 Å². The number of carbonyl (C=O) groups excluding carboxylic acids is 2. The average Bonchev–Trinajstić information content (AvgIpc) is 3.27. The molecule has 30 heavy (non-hydrogen) atoms. The fourth-order valence-corrected chi connectivity index (χ4v) is 3.72. The number of hydrogen-bond acceptors (Lipinski definition) is 6. The molecule has 7 nitrogen and oxygen atoms in total. The van der Waals surface area contributed by atoms with Crippen LogP contribution in [0.4, 0.5) is 10.1 Å². The molecule has 2 atom stereocenters. The largest absolute Gasteiger partial charge is 0.497 e. The number of ether oxygens (including phenoxy) is 3. The van der Waals surface area contributed by atoms with E-state index in [4.69, 9.17) is 20.6 Å². The highest BCUT2D eigenvalue weighted by Crippen LogP contribution is 2.49. The molecule has 0 saturated heterocycles. The number of carbonyl (C=O) groups is 2. The third-order valence-electron chi connectivity index (χ3n) is 5.11. The minimum absolute atomic E-state index is 0.0548. The maximum absolute atomic E-state index is 14.2. The number of halogens is 1. The Hall–Kier alpha value is -3.86. The van der Waals surface area contributed by atoms with E-state index >= 15 is 0 Å². The molecule has 0 bridgehead atoms. The molecule has 1 amide bonds. The van der Waals surface area contributed by atoms with E-state index < -0.39 is 29.3 Å². The molecule has 0 aromatic heterocycles. The quantitative estimate of drug-likeness (QED) is 0.572. The molecule has 0 radical (unpaired) electrons. The Balaban J connectivity index is 1.87. The van der Waals surface area contributed by atoms with Crippen LogP contribution < -0.4 is 9.64 Å². The zero-order chi connectivity index (χ0) is 21.5. The van der Waals surface area contributed by atoms with Gasteiger partial charge in [-0.1, -0.05) is 5.92 Å². The highest BCUT2D eigenvalue weighted by molar-refractivity contribution is 6.14. The molecule has 0 aliphatic carbocycles. The van der Waals surface area contributed by atoms with Crippen molar-refractivity contribution < 1.29 is 28.2 Å². The molecule has 152 valence electrons. The summed E-state index contributed by atoms with van der Waals surface area (Å²) in [5.41, 5.74) is -0.857. The predicted molar refractivity (Wildman–Crippen MR) is 106 cm³/mol. The lowest BCUT2D eigenvalue weighted by atomic mass is 9.88. The van der Waals surface area contributed by atoms with Crippen LogP contribution in [0.5, 0.6) is 5.75 Å². The number of rotatable bonds is 4. The van der Waals surface area contributed by atoms with Gasteiger partial charge >= 0.3 is 5.97 Å². The van der Waals surface area contributed by atoms with Gasteiger partial charge in [-0.15, -0.1) is 6.42 Å². The topological polar surface area (TPSA) is 77.4 Å². The molecule has 0 N–H and O–H groups in total. The number of methoxy groups -OCH3 is 2. The lowest BCUT2D eigenvalue weighted by Gasteiger charge is -2.27. The van der Waals surface area contributed by atoms with Crippen molar-refractivity contribution >= 4 is 23.5 Å². The van der Waals surface area contributed by atoms with Gasteiger partial charge in [0.2, 0.25) is 17.5 Å². The third kappa shape index (κ3) is 2.70. The number of amides is 1. The van der Waals surface area contributed by atoms with E-state index in [0.29, 0.717) is 17.0 Å². The number of esters is 1. The monoisotopic (exact) mass is 408 g/mol. The van der Waals surface area contributed by atoms with Gasteiger partial charge in [-0.2, -0.15) is 0 Å². The average molecular weight is 408 g/mol. The van der Waals surface area contributed by atoms with Crippen LogP contribution in [0, 0.1) is 18.2 Å². The molecule has 2 aliphatic heterocycles. The van der Waals surface area contributed by atoms with E-state index in [2.05, 4.69) is 10.9 Å². The van der Waals surface area contributed by atoms with Gasteiger partial charge in [0.1, 0.15) is 11.6 Å². The predicted octanol–water partition coefficient (Wildman–Crippen LogP) is 2.03. The Morgan fingerprint density at radius 2 is 2.03 bits per heavy atom. The zero-order valence-corrected chi connectivity index (χ0v) is 16.2. The minimum atomic E-state index is -1.91. The Labute approximate surface area is 172 Å². The van der Waals surface area contributed by atoms with Crippen LogP contribution in [-0.4, -0.2) is 44.6 Å². The summed E-state index contributed by atoms with van der Waals surface area (Å²) in [4.78, 5) is 31.7. The Bertz CT molecular complexity index is 1110. The lowest BCUT2D eigenvalue weighted by molar-refractivity contribution is -0.152. The highest BCUT2D eigenvalue weighted by atomic mass is 19.1. The number of terminal acetylenes is 1. The molecule has 0 fully saturated rings. The fraction of sp³-hybridized carbons (Fsp3) is 0.227. The Morgan fingerprint density at radius 3 is 2.67 bits per heavy atom. The fourth-order valence-electron chi connectivity index (χ4n) is 3.72. The lowest BCUT2D eigenvalue weighted by Crippen LogP contribution is -2.50. The molecule has 1 spiro atoms. The summed E-state index contributed by atoms with van der Waals surface area (Å²) >= 11 is 0. The molecule has 8 heteroatoms. The molecule has 2 aromatic carbocycles. The van der Waals surface area contributed by atoms with Crippen LogP contribution in [0.2, 0.25) is 0 Å². The van der Waals surface area contributed by atoms with Crippen molar-refractivity contribution in [1.29, 1.82) is 0 Å². The van der Waals surface area contributed by atoms with E-state index in [1.54, 1.807) is 24.3 Å². The van der Waals surface area contributed by atoms with Crippen LogP contribution >= 0.6 is 0 Å². The van der Waals surface area contributed by atoms with Crippen LogP contribution in [0.1, 0.15) is 11.1 Å². The van der Waals surface area contributed by atoms with Crippen molar-refractivity contribution in [3.63, 3.8) is 0 Å². The van der Waals surface area contributed by atoms with Gasteiger partial charge in [-0.25, -0.2) is 14.2 Å². The SMILES string of the molecule is C#CCN1C(=O)[C@]2(OC(c3ccc(OC)cc3)=N[C@H]2C(=O)OC)c2cc(F)ccc21. The first-order valence-corrected chi connectivity index (χ1v) is 9.00. The number of hydrogen-bond donors (Lipinski definition) is 0. The van der Waals surface area contributed by atoms with Crippen molar-refractivity contribution in [2.24, 2.45) is 4.99 Å².